The van der Waals surface area contributed by atoms with Crippen molar-refractivity contribution < 1.29 is 4.79 Å². The first-order valence-electron chi connectivity index (χ1n) is 9.10. The van der Waals surface area contributed by atoms with Crippen LogP contribution < -0.4 is 16.2 Å². The molecule has 0 radical (unpaired) electrons. The van der Waals surface area contributed by atoms with E-state index in [9.17, 15) is 9.59 Å². The smallest absolute Gasteiger partial charge is 0.315 e. The number of carbonyl (C=O) groups excluding carboxylic acids is 1. The van der Waals surface area contributed by atoms with E-state index < -0.39 is 0 Å². The summed E-state index contributed by atoms with van der Waals surface area (Å²) in [5, 5.41) is 6.19. The Morgan fingerprint density at radius 2 is 1.88 bits per heavy atom. The van der Waals surface area contributed by atoms with Gasteiger partial charge in [-0.3, -0.25) is 9.36 Å². The average Bonchev–Trinajstić information content (AvgIpc) is 2.47. The Hall–Kier alpha value is -1.85. The number of hydrogen-bond acceptors (Lipinski definition) is 3. The van der Waals surface area contributed by atoms with Gasteiger partial charge in [0, 0.05) is 30.4 Å². The number of amides is 2. The number of nitrogens with one attached hydrogen (secondary N) is 2. The zero-order valence-electron chi connectivity index (χ0n) is 14.3. The highest BCUT2D eigenvalue weighted by Crippen LogP contribution is 2.55. The van der Waals surface area contributed by atoms with Gasteiger partial charge in [-0.05, 0) is 63.2 Å². The molecule has 5 rings (SSSR count). The van der Waals surface area contributed by atoms with E-state index >= 15 is 0 Å². The lowest BCUT2D eigenvalue weighted by molar-refractivity contribution is -0.0135. The van der Waals surface area contributed by atoms with Crippen molar-refractivity contribution in [2.24, 2.45) is 17.8 Å². The van der Waals surface area contributed by atoms with Crippen LogP contribution in [0.5, 0.6) is 0 Å². The molecule has 0 aliphatic heterocycles. The minimum Gasteiger partial charge on any atom is -0.336 e. The van der Waals surface area contributed by atoms with E-state index in [1.54, 1.807) is 6.92 Å². The summed E-state index contributed by atoms with van der Waals surface area (Å²) in [5.41, 5.74) is 0.663. The third-order valence-corrected chi connectivity index (χ3v) is 6.07. The Morgan fingerprint density at radius 1 is 1.25 bits per heavy atom. The fraction of sp³-hybridized carbons (Fsp3) is 0.722. The lowest BCUT2D eigenvalue weighted by Crippen LogP contribution is -2.61. The maximum atomic E-state index is 12.3. The number of aromatic nitrogens is 2. The Morgan fingerprint density at radius 3 is 2.46 bits per heavy atom. The summed E-state index contributed by atoms with van der Waals surface area (Å²) < 4.78 is 1.53. The van der Waals surface area contributed by atoms with Crippen molar-refractivity contribution in [2.45, 2.75) is 57.5 Å². The van der Waals surface area contributed by atoms with Crippen molar-refractivity contribution in [1.29, 1.82) is 0 Å². The topological polar surface area (TPSA) is 76.0 Å². The summed E-state index contributed by atoms with van der Waals surface area (Å²) in [4.78, 5) is 28.3. The lowest BCUT2D eigenvalue weighted by atomic mass is 9.53. The summed E-state index contributed by atoms with van der Waals surface area (Å²) in [6, 6.07) is 1.42. The number of nitrogens with zero attached hydrogens (tertiary/aromatic N) is 2. The van der Waals surface area contributed by atoms with Crippen LogP contribution in [-0.4, -0.2) is 27.7 Å². The molecular formula is C18H26N4O2. The molecule has 130 valence electrons. The standard InChI is InChI=1S/C18H26N4O2/c1-12-4-16(23)22(11-20-12)3-2-19-17(24)21-18-8-13-5-14(9-18)7-15(6-13)10-18/h4,11,13-15H,2-3,5-10H2,1H3,(H2,19,21,24). The van der Waals surface area contributed by atoms with E-state index in [4.69, 9.17) is 0 Å². The molecule has 0 spiro atoms. The minimum absolute atomic E-state index is 0.0289. The van der Waals surface area contributed by atoms with Gasteiger partial charge in [-0.2, -0.15) is 0 Å². The fourth-order valence-electron chi connectivity index (χ4n) is 5.52. The largest absolute Gasteiger partial charge is 0.336 e. The number of urea groups is 1. The molecule has 0 unspecified atom stereocenters. The SMILES string of the molecule is Cc1cc(=O)n(CCNC(=O)NC23CC4CC(CC(C4)C2)C3)cn1. The molecule has 2 N–H and O–H groups in total. The highest BCUT2D eigenvalue weighted by molar-refractivity contribution is 5.74. The average molecular weight is 330 g/mol. The first-order valence-corrected chi connectivity index (χ1v) is 9.10. The van der Waals surface area contributed by atoms with E-state index in [1.165, 1.54) is 36.2 Å². The molecule has 1 heterocycles. The normalized spacial score (nSPS) is 33.5. The van der Waals surface area contributed by atoms with E-state index in [1.807, 2.05) is 0 Å². The molecule has 4 fully saturated rings. The van der Waals surface area contributed by atoms with Crippen LogP contribution in [0, 0.1) is 24.7 Å². The monoisotopic (exact) mass is 330 g/mol. The Labute approximate surface area is 142 Å². The molecule has 1 aromatic heterocycles. The van der Waals surface area contributed by atoms with Crippen LogP contribution in [0.1, 0.15) is 44.2 Å². The van der Waals surface area contributed by atoms with Gasteiger partial charge >= 0.3 is 6.03 Å². The summed E-state index contributed by atoms with van der Waals surface area (Å²) in [5.74, 6) is 2.44. The first-order chi connectivity index (χ1) is 11.5. The zero-order chi connectivity index (χ0) is 16.7. The fourth-order valence-corrected chi connectivity index (χ4v) is 5.52. The van der Waals surface area contributed by atoms with Crippen molar-refractivity contribution in [3.8, 4) is 0 Å². The van der Waals surface area contributed by atoms with Gasteiger partial charge in [-0.25, -0.2) is 9.78 Å². The van der Waals surface area contributed by atoms with Crippen molar-refractivity contribution >= 4 is 6.03 Å². The van der Waals surface area contributed by atoms with Crippen LogP contribution in [-0.2, 0) is 6.54 Å². The predicted octanol–water partition coefficient (Wildman–Crippen LogP) is 1.82. The van der Waals surface area contributed by atoms with Crippen LogP contribution >= 0.6 is 0 Å². The Kier molecular flexibility index (Phi) is 3.85. The second-order valence-electron chi connectivity index (χ2n) is 8.14. The molecule has 4 saturated carbocycles. The third kappa shape index (κ3) is 3.06. The van der Waals surface area contributed by atoms with E-state index in [-0.39, 0.29) is 17.1 Å². The van der Waals surface area contributed by atoms with E-state index in [2.05, 4.69) is 15.6 Å². The van der Waals surface area contributed by atoms with Gasteiger partial charge in [-0.1, -0.05) is 0 Å². The molecule has 6 nitrogen and oxygen atoms in total. The number of carbonyl (C=O) groups is 1. The van der Waals surface area contributed by atoms with Crippen LogP contribution in [0.4, 0.5) is 4.79 Å². The van der Waals surface area contributed by atoms with Crippen molar-refractivity contribution in [1.82, 2.24) is 20.2 Å². The summed E-state index contributed by atoms with van der Waals surface area (Å²) in [7, 11) is 0. The molecule has 0 atom stereocenters. The molecule has 4 bridgehead atoms. The number of hydrogen-bond donors (Lipinski definition) is 2. The van der Waals surface area contributed by atoms with Gasteiger partial charge in [0.2, 0.25) is 0 Å². The summed E-state index contributed by atoms with van der Waals surface area (Å²) >= 11 is 0. The van der Waals surface area contributed by atoms with Crippen molar-refractivity contribution in [3.05, 3.63) is 28.4 Å². The minimum atomic E-state index is -0.0925. The number of rotatable bonds is 4. The van der Waals surface area contributed by atoms with E-state index in [0.29, 0.717) is 18.8 Å². The van der Waals surface area contributed by atoms with Crippen LogP contribution in [0.3, 0.4) is 0 Å². The second kappa shape index (κ2) is 5.90. The predicted molar refractivity (Wildman–Crippen MR) is 90.7 cm³/mol. The highest BCUT2D eigenvalue weighted by Gasteiger charge is 2.51. The van der Waals surface area contributed by atoms with Crippen LogP contribution in [0.25, 0.3) is 0 Å². The molecule has 6 heteroatoms. The molecule has 24 heavy (non-hydrogen) atoms. The summed E-state index contributed by atoms with van der Waals surface area (Å²) in [6.45, 7) is 2.67. The van der Waals surface area contributed by atoms with Gasteiger partial charge in [-0.15, -0.1) is 0 Å². The highest BCUT2D eigenvalue weighted by atomic mass is 16.2. The molecule has 4 aliphatic carbocycles. The quantitative estimate of drug-likeness (QED) is 0.884. The van der Waals surface area contributed by atoms with Gasteiger partial charge in [0.1, 0.15) is 0 Å². The van der Waals surface area contributed by atoms with Gasteiger partial charge in [0.05, 0.1) is 6.33 Å². The lowest BCUT2D eigenvalue weighted by Gasteiger charge is -2.56. The maximum absolute atomic E-state index is 12.3. The number of aryl methyl sites for hydroxylation is 1. The third-order valence-electron chi connectivity index (χ3n) is 6.07. The first kappa shape index (κ1) is 15.7. The Balaban J connectivity index is 1.30. The maximum Gasteiger partial charge on any atom is 0.315 e. The molecule has 2 amide bonds. The zero-order valence-corrected chi connectivity index (χ0v) is 14.3. The summed E-state index contributed by atoms with van der Waals surface area (Å²) in [6.07, 6.45) is 9.08. The molecule has 1 aromatic rings. The molecule has 4 aliphatic rings. The second-order valence-corrected chi connectivity index (χ2v) is 8.14. The Bertz CT molecular complexity index is 661. The van der Waals surface area contributed by atoms with Gasteiger partial charge in [0.25, 0.3) is 5.56 Å². The van der Waals surface area contributed by atoms with Gasteiger partial charge in [0.15, 0.2) is 0 Å². The van der Waals surface area contributed by atoms with Crippen LogP contribution in [0.2, 0.25) is 0 Å². The van der Waals surface area contributed by atoms with E-state index in [0.717, 1.165) is 37.0 Å². The van der Waals surface area contributed by atoms with Crippen molar-refractivity contribution in [2.75, 3.05) is 6.54 Å². The van der Waals surface area contributed by atoms with Gasteiger partial charge < -0.3 is 10.6 Å². The molecular weight excluding hydrogens is 304 g/mol. The molecule has 0 saturated heterocycles. The molecule has 0 aromatic carbocycles. The van der Waals surface area contributed by atoms with Crippen molar-refractivity contribution in [3.63, 3.8) is 0 Å². The van der Waals surface area contributed by atoms with Crippen LogP contribution in [0.15, 0.2) is 17.2 Å².